The van der Waals surface area contributed by atoms with Gasteiger partial charge in [0.25, 0.3) is 5.95 Å². The molecule has 1 aromatic carbocycles. The second-order valence-corrected chi connectivity index (χ2v) is 9.47. The summed E-state index contributed by atoms with van der Waals surface area (Å²) in [5.74, 6) is 0.957. The Kier molecular flexibility index (Phi) is 6.89. The standard InChI is InChI=1S/C25H31N11O/c1-4-6-10-21-16-34(23-29-32-33-36(23)18(3)5-2)24(37)35(21)17-25(11-13-26-14-12-25)20-9-7-8-19(15-20)22-27-30-31-28-22/h7-9,11,13-16,18H,4-6,10,12,17H2,1-3H3,(H,27,28,30,31). The molecule has 1 N–H and O–H groups in total. The average Bonchev–Trinajstić information content (AvgIpc) is 3.70. The molecular weight excluding hydrogens is 470 g/mol. The number of allylic oxidation sites excluding steroid dienone is 1. The first kappa shape index (κ1) is 24.5. The van der Waals surface area contributed by atoms with Gasteiger partial charge in [-0.2, -0.15) is 5.21 Å². The van der Waals surface area contributed by atoms with Gasteiger partial charge in [-0.15, -0.1) is 10.2 Å². The van der Waals surface area contributed by atoms with E-state index in [-0.39, 0.29) is 11.7 Å². The van der Waals surface area contributed by atoms with E-state index >= 15 is 0 Å². The highest BCUT2D eigenvalue weighted by Crippen LogP contribution is 2.35. The molecule has 2 unspecified atom stereocenters. The smallest absolute Gasteiger partial charge is 0.295 e. The van der Waals surface area contributed by atoms with Gasteiger partial charge in [-0.25, -0.2) is 14.0 Å². The van der Waals surface area contributed by atoms with Crippen molar-refractivity contribution < 1.29 is 0 Å². The number of aliphatic imine (C=N–C) groups is 1. The van der Waals surface area contributed by atoms with Crippen molar-refractivity contribution in [3.8, 4) is 17.3 Å². The summed E-state index contributed by atoms with van der Waals surface area (Å²) < 4.78 is 5.17. The van der Waals surface area contributed by atoms with Crippen LogP contribution in [0.4, 0.5) is 0 Å². The Bertz CT molecular complexity index is 1460. The van der Waals surface area contributed by atoms with Crippen molar-refractivity contribution in [1.82, 2.24) is 50.0 Å². The van der Waals surface area contributed by atoms with Crippen LogP contribution in [0.3, 0.4) is 0 Å². The second kappa shape index (κ2) is 10.4. The minimum atomic E-state index is -0.485. The Morgan fingerprint density at radius 1 is 1.22 bits per heavy atom. The van der Waals surface area contributed by atoms with Crippen LogP contribution in [0.1, 0.15) is 63.8 Å². The quantitative estimate of drug-likeness (QED) is 0.352. The number of H-pyrrole nitrogens is 1. The maximum atomic E-state index is 13.9. The number of nitrogens with one attached hydrogen (secondary N) is 1. The number of nitrogens with zero attached hydrogens (tertiary/aromatic N) is 10. The van der Waals surface area contributed by atoms with Gasteiger partial charge in [-0.1, -0.05) is 49.6 Å². The van der Waals surface area contributed by atoms with E-state index in [9.17, 15) is 4.79 Å². The van der Waals surface area contributed by atoms with E-state index in [0.717, 1.165) is 42.5 Å². The summed E-state index contributed by atoms with van der Waals surface area (Å²) in [6, 6.07) is 8.13. The summed E-state index contributed by atoms with van der Waals surface area (Å²) in [4.78, 5) is 18.3. The van der Waals surface area contributed by atoms with E-state index in [1.165, 1.54) is 0 Å². The molecule has 0 amide bonds. The minimum absolute atomic E-state index is 0.0658. The van der Waals surface area contributed by atoms with Gasteiger partial charge in [0.05, 0.1) is 6.04 Å². The van der Waals surface area contributed by atoms with Crippen LogP contribution in [-0.4, -0.2) is 56.2 Å². The van der Waals surface area contributed by atoms with Crippen molar-refractivity contribution in [2.45, 2.75) is 70.9 Å². The summed E-state index contributed by atoms with van der Waals surface area (Å²) in [6.45, 7) is 6.70. The van der Waals surface area contributed by atoms with Gasteiger partial charge in [-0.3, -0.25) is 9.56 Å². The molecule has 0 saturated carbocycles. The van der Waals surface area contributed by atoms with Gasteiger partial charge < -0.3 is 0 Å². The molecule has 5 rings (SSSR count). The number of aryl methyl sites for hydroxylation is 1. The summed E-state index contributed by atoms with van der Waals surface area (Å²) in [6.07, 6.45) is 12.0. The van der Waals surface area contributed by atoms with Crippen LogP contribution in [-0.2, 0) is 18.4 Å². The van der Waals surface area contributed by atoms with Gasteiger partial charge in [0.2, 0.25) is 5.82 Å². The Balaban J connectivity index is 1.60. The lowest BCUT2D eigenvalue weighted by Crippen LogP contribution is -2.37. The highest BCUT2D eigenvalue weighted by atomic mass is 16.2. The van der Waals surface area contributed by atoms with Gasteiger partial charge in [0.15, 0.2) is 0 Å². The lowest BCUT2D eigenvalue weighted by Gasteiger charge is -2.32. The van der Waals surface area contributed by atoms with E-state index in [1.54, 1.807) is 9.25 Å². The van der Waals surface area contributed by atoms with E-state index in [4.69, 9.17) is 0 Å². The van der Waals surface area contributed by atoms with Crippen LogP contribution in [0.15, 0.2) is 52.5 Å². The third-order valence-electron chi connectivity index (χ3n) is 7.07. The lowest BCUT2D eigenvalue weighted by molar-refractivity contribution is 0.434. The van der Waals surface area contributed by atoms with E-state index in [0.29, 0.717) is 24.7 Å². The minimum Gasteiger partial charge on any atom is -0.295 e. The number of tetrazole rings is 2. The van der Waals surface area contributed by atoms with Crippen molar-refractivity contribution in [3.05, 3.63) is 64.5 Å². The fourth-order valence-electron chi connectivity index (χ4n) is 4.69. The normalized spacial score (nSPS) is 17.9. The zero-order chi connectivity index (χ0) is 25.8. The molecular formula is C25H31N11O. The summed E-state index contributed by atoms with van der Waals surface area (Å²) in [5.41, 5.74) is 2.21. The highest BCUT2D eigenvalue weighted by Gasteiger charge is 2.33. The van der Waals surface area contributed by atoms with Gasteiger partial charge in [-0.05, 0) is 59.9 Å². The lowest BCUT2D eigenvalue weighted by atomic mass is 9.76. The van der Waals surface area contributed by atoms with Crippen molar-refractivity contribution in [2.75, 3.05) is 0 Å². The molecule has 37 heavy (non-hydrogen) atoms. The first-order chi connectivity index (χ1) is 18.1. The zero-order valence-electron chi connectivity index (χ0n) is 21.3. The fraction of sp³-hybridized carbons (Fsp3) is 0.440. The molecule has 1 aliphatic heterocycles. The maximum absolute atomic E-state index is 13.9. The molecule has 4 aromatic rings. The third-order valence-corrected chi connectivity index (χ3v) is 7.07. The Morgan fingerprint density at radius 3 is 2.84 bits per heavy atom. The third kappa shape index (κ3) is 4.66. The molecule has 3 aromatic heterocycles. The molecule has 4 heterocycles. The molecule has 0 fully saturated rings. The molecule has 12 heteroatoms. The molecule has 0 radical (unpaired) electrons. The van der Waals surface area contributed by atoms with Crippen LogP contribution in [0.25, 0.3) is 17.3 Å². The number of imidazole rings is 1. The number of unbranched alkanes of at least 4 members (excludes halogenated alkanes) is 1. The van der Waals surface area contributed by atoms with Gasteiger partial charge in [0.1, 0.15) is 0 Å². The molecule has 12 nitrogen and oxygen atoms in total. The number of aromatic nitrogens is 10. The topological polar surface area (TPSA) is 137 Å². The van der Waals surface area contributed by atoms with Crippen LogP contribution in [0.2, 0.25) is 0 Å². The molecule has 1 aliphatic rings. The molecule has 0 aliphatic carbocycles. The van der Waals surface area contributed by atoms with Crippen LogP contribution < -0.4 is 5.69 Å². The van der Waals surface area contributed by atoms with Crippen LogP contribution >= 0.6 is 0 Å². The molecule has 0 spiro atoms. The number of hydrogen-bond acceptors (Lipinski definition) is 8. The molecule has 0 saturated heterocycles. The molecule has 192 valence electrons. The van der Waals surface area contributed by atoms with Gasteiger partial charge >= 0.3 is 5.69 Å². The predicted molar refractivity (Wildman–Crippen MR) is 139 cm³/mol. The Labute approximate surface area is 214 Å². The predicted octanol–water partition coefficient (Wildman–Crippen LogP) is 3.05. The maximum Gasteiger partial charge on any atom is 0.335 e. The van der Waals surface area contributed by atoms with Gasteiger partial charge in [0, 0.05) is 41.8 Å². The fourth-order valence-corrected chi connectivity index (χ4v) is 4.69. The number of benzene rings is 1. The summed E-state index contributed by atoms with van der Waals surface area (Å²) in [5, 5.41) is 26.7. The first-order valence-corrected chi connectivity index (χ1v) is 12.7. The van der Waals surface area contributed by atoms with Crippen LogP contribution in [0, 0.1) is 0 Å². The van der Waals surface area contributed by atoms with E-state index < -0.39 is 5.41 Å². The van der Waals surface area contributed by atoms with E-state index in [1.807, 2.05) is 42.2 Å². The molecule has 0 bridgehead atoms. The molecule has 2 atom stereocenters. The Morgan fingerprint density at radius 2 is 2.11 bits per heavy atom. The number of rotatable bonds is 10. The Hall–Kier alpha value is -4.22. The zero-order valence-corrected chi connectivity index (χ0v) is 21.3. The summed E-state index contributed by atoms with van der Waals surface area (Å²) in [7, 11) is 0. The largest absolute Gasteiger partial charge is 0.335 e. The highest BCUT2D eigenvalue weighted by molar-refractivity contribution is 5.65. The van der Waals surface area contributed by atoms with Crippen molar-refractivity contribution in [2.24, 2.45) is 4.99 Å². The average molecular weight is 502 g/mol. The SMILES string of the molecule is CCCCc1cn(-c2nnnn2C(C)CC)c(=O)n1CC1(c2cccc(-c3nn[nH]n3)c2)C=CN=CC1. The van der Waals surface area contributed by atoms with Crippen molar-refractivity contribution in [3.63, 3.8) is 0 Å². The summed E-state index contributed by atoms with van der Waals surface area (Å²) >= 11 is 0. The van der Waals surface area contributed by atoms with Crippen molar-refractivity contribution >= 4 is 6.21 Å². The van der Waals surface area contributed by atoms with Crippen molar-refractivity contribution in [1.29, 1.82) is 0 Å². The first-order valence-electron chi connectivity index (χ1n) is 12.7. The number of hydrogen-bond donors (Lipinski definition) is 1. The van der Waals surface area contributed by atoms with E-state index in [2.05, 4.69) is 73.2 Å². The monoisotopic (exact) mass is 501 g/mol. The second-order valence-electron chi connectivity index (χ2n) is 9.47. The van der Waals surface area contributed by atoms with Crippen LogP contribution in [0.5, 0.6) is 0 Å². The number of aromatic amines is 1.